The molecule has 2 aromatic heterocycles. The highest BCUT2D eigenvalue weighted by Gasteiger charge is 2.42. The molecule has 0 atom stereocenters. The first-order valence-electron chi connectivity index (χ1n) is 9.54. The second-order valence-corrected chi connectivity index (χ2v) is 7.90. The lowest BCUT2D eigenvalue weighted by Crippen LogP contribution is -2.42. The molecule has 1 aliphatic carbocycles. The molecule has 1 fully saturated rings. The van der Waals surface area contributed by atoms with Gasteiger partial charge in [-0.05, 0) is 42.2 Å². The standard InChI is InChI=1S/C22H23ClN4O/c1-27-15-18(14-26-27)17-10-16(11-24-13-17)12-25-21(28)22(8-2-3-9-22)19-4-6-20(23)7-5-19/h4-7,10-11,13-15H,2-3,8-9,12H2,1H3,(H,25,28). The van der Waals surface area contributed by atoms with Gasteiger partial charge >= 0.3 is 0 Å². The monoisotopic (exact) mass is 394 g/mol. The Morgan fingerprint density at radius 1 is 1.14 bits per heavy atom. The smallest absolute Gasteiger partial charge is 0.230 e. The third-order valence-electron chi connectivity index (χ3n) is 5.57. The quantitative estimate of drug-likeness (QED) is 0.703. The van der Waals surface area contributed by atoms with Gasteiger partial charge in [0.25, 0.3) is 0 Å². The fourth-order valence-corrected chi connectivity index (χ4v) is 4.18. The van der Waals surface area contributed by atoms with E-state index in [9.17, 15) is 4.79 Å². The van der Waals surface area contributed by atoms with Crippen LogP contribution in [0.15, 0.2) is 55.1 Å². The van der Waals surface area contributed by atoms with E-state index in [0.717, 1.165) is 47.9 Å². The summed E-state index contributed by atoms with van der Waals surface area (Å²) >= 11 is 6.04. The molecule has 1 aromatic carbocycles. The molecule has 144 valence electrons. The van der Waals surface area contributed by atoms with Crippen molar-refractivity contribution in [2.24, 2.45) is 7.05 Å². The lowest BCUT2D eigenvalue weighted by atomic mass is 9.78. The predicted octanol–water partition coefficient (Wildman–Crippen LogP) is 4.26. The Morgan fingerprint density at radius 3 is 2.57 bits per heavy atom. The molecule has 3 aromatic rings. The van der Waals surface area contributed by atoms with Gasteiger partial charge in [-0.15, -0.1) is 0 Å². The number of pyridine rings is 1. The average Bonchev–Trinajstić information content (AvgIpc) is 3.37. The predicted molar refractivity (Wildman–Crippen MR) is 110 cm³/mol. The number of benzene rings is 1. The zero-order valence-corrected chi connectivity index (χ0v) is 16.6. The Balaban J connectivity index is 1.51. The minimum atomic E-state index is -0.459. The van der Waals surface area contributed by atoms with Crippen molar-refractivity contribution >= 4 is 17.5 Å². The molecule has 2 heterocycles. The van der Waals surface area contributed by atoms with Crippen LogP contribution < -0.4 is 5.32 Å². The molecular weight excluding hydrogens is 372 g/mol. The van der Waals surface area contributed by atoms with E-state index in [-0.39, 0.29) is 5.91 Å². The van der Waals surface area contributed by atoms with Gasteiger partial charge in [-0.25, -0.2) is 0 Å². The number of aromatic nitrogens is 3. The van der Waals surface area contributed by atoms with Crippen molar-refractivity contribution < 1.29 is 4.79 Å². The van der Waals surface area contributed by atoms with E-state index in [2.05, 4.69) is 15.4 Å². The maximum atomic E-state index is 13.2. The van der Waals surface area contributed by atoms with Crippen LogP contribution in [-0.2, 0) is 23.8 Å². The first kappa shape index (κ1) is 18.7. The number of amides is 1. The Labute approximate surface area is 169 Å². The number of halogens is 1. The number of carbonyl (C=O) groups excluding carboxylic acids is 1. The van der Waals surface area contributed by atoms with Gasteiger partial charge in [0.2, 0.25) is 5.91 Å². The number of nitrogens with one attached hydrogen (secondary N) is 1. The van der Waals surface area contributed by atoms with Gasteiger partial charge in [-0.2, -0.15) is 5.10 Å². The van der Waals surface area contributed by atoms with E-state index in [4.69, 9.17) is 11.6 Å². The molecule has 0 unspecified atom stereocenters. The molecule has 4 rings (SSSR count). The topological polar surface area (TPSA) is 59.8 Å². The number of hydrogen-bond donors (Lipinski definition) is 1. The van der Waals surface area contributed by atoms with Crippen LogP contribution in [0.25, 0.3) is 11.1 Å². The number of nitrogens with zero attached hydrogens (tertiary/aromatic N) is 3. The van der Waals surface area contributed by atoms with Gasteiger partial charge < -0.3 is 5.32 Å². The van der Waals surface area contributed by atoms with Gasteiger partial charge in [-0.3, -0.25) is 14.5 Å². The second kappa shape index (κ2) is 7.76. The molecule has 1 saturated carbocycles. The Hall–Kier alpha value is -2.66. The molecule has 28 heavy (non-hydrogen) atoms. The maximum Gasteiger partial charge on any atom is 0.230 e. The molecule has 6 heteroatoms. The lowest BCUT2D eigenvalue weighted by molar-refractivity contribution is -0.126. The molecule has 1 aliphatic rings. The summed E-state index contributed by atoms with van der Waals surface area (Å²) in [5, 5.41) is 8.04. The lowest BCUT2D eigenvalue weighted by Gasteiger charge is -2.28. The molecule has 1 amide bonds. The summed E-state index contributed by atoms with van der Waals surface area (Å²) in [5.74, 6) is 0.0825. The van der Waals surface area contributed by atoms with Crippen LogP contribution in [0.3, 0.4) is 0 Å². The molecule has 0 radical (unpaired) electrons. The molecule has 0 bridgehead atoms. The summed E-state index contributed by atoms with van der Waals surface area (Å²) in [7, 11) is 1.89. The molecule has 0 spiro atoms. The Bertz CT molecular complexity index is 974. The summed E-state index contributed by atoms with van der Waals surface area (Å²) in [4.78, 5) is 17.5. The number of rotatable bonds is 5. The maximum absolute atomic E-state index is 13.2. The van der Waals surface area contributed by atoms with E-state index in [1.54, 1.807) is 10.9 Å². The highest BCUT2D eigenvalue weighted by Crippen LogP contribution is 2.41. The molecule has 0 aliphatic heterocycles. The highest BCUT2D eigenvalue weighted by atomic mass is 35.5. The zero-order valence-electron chi connectivity index (χ0n) is 15.9. The summed E-state index contributed by atoms with van der Waals surface area (Å²) < 4.78 is 1.76. The van der Waals surface area contributed by atoms with Gasteiger partial charge in [0.1, 0.15) is 0 Å². The third kappa shape index (κ3) is 3.67. The van der Waals surface area contributed by atoms with Crippen LogP contribution in [0.2, 0.25) is 5.02 Å². The van der Waals surface area contributed by atoms with E-state index in [1.807, 2.05) is 56.0 Å². The van der Waals surface area contributed by atoms with E-state index >= 15 is 0 Å². The third-order valence-corrected chi connectivity index (χ3v) is 5.83. The fourth-order valence-electron chi connectivity index (χ4n) is 4.06. The number of hydrogen-bond acceptors (Lipinski definition) is 3. The van der Waals surface area contributed by atoms with Crippen molar-refractivity contribution in [1.29, 1.82) is 0 Å². The normalized spacial score (nSPS) is 15.5. The van der Waals surface area contributed by atoms with Crippen LogP contribution in [0.4, 0.5) is 0 Å². The molecule has 0 saturated heterocycles. The van der Waals surface area contributed by atoms with E-state index in [1.165, 1.54) is 0 Å². The van der Waals surface area contributed by atoms with Crippen molar-refractivity contribution in [3.8, 4) is 11.1 Å². The van der Waals surface area contributed by atoms with Crippen molar-refractivity contribution in [1.82, 2.24) is 20.1 Å². The summed E-state index contributed by atoms with van der Waals surface area (Å²) in [5.41, 5.74) is 3.57. The Morgan fingerprint density at radius 2 is 1.89 bits per heavy atom. The average molecular weight is 395 g/mol. The van der Waals surface area contributed by atoms with Crippen molar-refractivity contribution in [3.05, 3.63) is 71.3 Å². The number of aryl methyl sites for hydroxylation is 1. The molecule has 1 N–H and O–H groups in total. The molecule has 5 nitrogen and oxygen atoms in total. The van der Waals surface area contributed by atoms with Gasteiger partial charge in [-0.1, -0.05) is 36.6 Å². The van der Waals surface area contributed by atoms with Gasteiger partial charge in [0.05, 0.1) is 11.6 Å². The first-order chi connectivity index (χ1) is 13.6. The minimum absolute atomic E-state index is 0.0825. The first-order valence-corrected chi connectivity index (χ1v) is 9.92. The van der Waals surface area contributed by atoms with Crippen LogP contribution >= 0.6 is 11.6 Å². The fraction of sp³-hybridized carbons (Fsp3) is 0.318. The summed E-state index contributed by atoms with van der Waals surface area (Å²) in [6, 6.07) is 9.75. The van der Waals surface area contributed by atoms with Crippen molar-refractivity contribution in [2.75, 3.05) is 0 Å². The van der Waals surface area contributed by atoms with E-state index < -0.39 is 5.41 Å². The van der Waals surface area contributed by atoms with Crippen LogP contribution in [0.1, 0.15) is 36.8 Å². The van der Waals surface area contributed by atoms with Crippen LogP contribution in [-0.4, -0.2) is 20.7 Å². The SMILES string of the molecule is Cn1cc(-c2cncc(CNC(=O)C3(c4ccc(Cl)cc4)CCCC3)c2)cn1. The summed E-state index contributed by atoms with van der Waals surface area (Å²) in [6.07, 6.45) is 11.2. The second-order valence-electron chi connectivity index (χ2n) is 7.46. The van der Waals surface area contributed by atoms with Gasteiger partial charge in [0, 0.05) is 48.3 Å². The largest absolute Gasteiger partial charge is 0.351 e. The molecular formula is C22H23ClN4O. The zero-order chi connectivity index (χ0) is 19.6. The number of carbonyl (C=O) groups is 1. The summed E-state index contributed by atoms with van der Waals surface area (Å²) in [6.45, 7) is 0.454. The highest BCUT2D eigenvalue weighted by molar-refractivity contribution is 6.30. The van der Waals surface area contributed by atoms with Gasteiger partial charge in [0.15, 0.2) is 0 Å². The Kier molecular flexibility index (Phi) is 5.18. The van der Waals surface area contributed by atoms with Crippen molar-refractivity contribution in [2.45, 2.75) is 37.6 Å². The van der Waals surface area contributed by atoms with E-state index in [0.29, 0.717) is 11.6 Å². The van der Waals surface area contributed by atoms with Crippen molar-refractivity contribution in [3.63, 3.8) is 0 Å². The van der Waals surface area contributed by atoms with Crippen LogP contribution in [0, 0.1) is 0 Å². The minimum Gasteiger partial charge on any atom is -0.351 e. The van der Waals surface area contributed by atoms with Crippen LogP contribution in [0.5, 0.6) is 0 Å².